The Balaban J connectivity index is 1.67. The molecule has 26 heavy (non-hydrogen) atoms. The molecule has 4 rings (SSSR count). The molecule has 6 nitrogen and oxygen atoms in total. The van der Waals surface area contributed by atoms with E-state index in [4.69, 9.17) is 0 Å². The molecule has 0 saturated heterocycles. The van der Waals surface area contributed by atoms with Gasteiger partial charge in [0.15, 0.2) is 5.82 Å². The van der Waals surface area contributed by atoms with Gasteiger partial charge in [0.1, 0.15) is 5.82 Å². The number of aryl methyl sites for hydroxylation is 3. The molecule has 1 aliphatic heterocycles. The summed E-state index contributed by atoms with van der Waals surface area (Å²) in [4.78, 5) is 15.0. The van der Waals surface area contributed by atoms with Gasteiger partial charge in [-0.05, 0) is 51.5 Å². The van der Waals surface area contributed by atoms with Gasteiger partial charge in [-0.15, -0.1) is 10.2 Å². The molecule has 1 aromatic carbocycles. The predicted molar refractivity (Wildman–Crippen MR) is 99.5 cm³/mol. The second kappa shape index (κ2) is 6.12. The first-order valence-electron chi connectivity index (χ1n) is 8.89. The smallest absolute Gasteiger partial charge is 0.256 e. The van der Waals surface area contributed by atoms with E-state index in [1.54, 1.807) is 0 Å². The van der Waals surface area contributed by atoms with Crippen LogP contribution >= 0.6 is 0 Å². The van der Waals surface area contributed by atoms with Gasteiger partial charge in [0, 0.05) is 30.2 Å². The van der Waals surface area contributed by atoms with Crippen molar-refractivity contribution in [2.24, 2.45) is 0 Å². The van der Waals surface area contributed by atoms with Crippen LogP contribution in [0.4, 0.5) is 0 Å². The fourth-order valence-corrected chi connectivity index (χ4v) is 3.79. The molecule has 1 aliphatic rings. The highest BCUT2D eigenvalue weighted by molar-refractivity contribution is 5.96. The largest absolute Gasteiger partial charge is 0.329 e. The lowest BCUT2D eigenvalue weighted by molar-refractivity contribution is 0.0706. The van der Waals surface area contributed by atoms with Crippen molar-refractivity contribution in [3.63, 3.8) is 0 Å². The number of carbonyl (C=O) groups is 1. The molecule has 134 valence electrons. The number of rotatable bonds is 2. The maximum atomic E-state index is 13.2. The van der Waals surface area contributed by atoms with Crippen molar-refractivity contribution in [2.45, 2.75) is 40.8 Å². The van der Waals surface area contributed by atoms with Gasteiger partial charge in [-0.3, -0.25) is 4.79 Å². The Hall–Kier alpha value is -2.89. The van der Waals surface area contributed by atoms with Crippen LogP contribution in [0.25, 0.3) is 5.69 Å². The third-order valence-electron chi connectivity index (χ3n) is 5.15. The average molecular weight is 349 g/mol. The summed E-state index contributed by atoms with van der Waals surface area (Å²) in [7, 11) is 0. The van der Waals surface area contributed by atoms with Crippen molar-refractivity contribution in [3.05, 3.63) is 64.5 Å². The van der Waals surface area contributed by atoms with Crippen LogP contribution in [0, 0.1) is 27.7 Å². The Morgan fingerprint density at radius 1 is 1.04 bits per heavy atom. The Morgan fingerprint density at radius 2 is 1.85 bits per heavy atom. The summed E-state index contributed by atoms with van der Waals surface area (Å²) in [6, 6.07) is 10.3. The topological polar surface area (TPSA) is 56.0 Å². The Morgan fingerprint density at radius 3 is 2.62 bits per heavy atom. The molecule has 0 unspecified atom stereocenters. The molecule has 0 spiro atoms. The van der Waals surface area contributed by atoms with Crippen LogP contribution in [-0.4, -0.2) is 36.7 Å². The molecule has 0 aliphatic carbocycles. The van der Waals surface area contributed by atoms with E-state index < -0.39 is 0 Å². The minimum Gasteiger partial charge on any atom is -0.329 e. The molecule has 3 heterocycles. The van der Waals surface area contributed by atoms with Gasteiger partial charge in [0.2, 0.25) is 0 Å². The third-order valence-corrected chi connectivity index (χ3v) is 5.15. The molecule has 0 atom stereocenters. The molecule has 0 radical (unpaired) electrons. The summed E-state index contributed by atoms with van der Waals surface area (Å²) in [5.74, 6) is 1.82. The summed E-state index contributed by atoms with van der Waals surface area (Å²) in [6.07, 6.45) is 0. The van der Waals surface area contributed by atoms with Crippen LogP contribution in [0.1, 0.15) is 39.0 Å². The lowest BCUT2D eigenvalue weighted by atomic mass is 10.2. The van der Waals surface area contributed by atoms with Crippen molar-refractivity contribution in [2.75, 3.05) is 6.54 Å². The number of nitrogens with zero attached hydrogens (tertiary/aromatic N) is 5. The van der Waals surface area contributed by atoms with E-state index in [0.29, 0.717) is 13.1 Å². The van der Waals surface area contributed by atoms with E-state index in [9.17, 15) is 4.79 Å². The van der Waals surface area contributed by atoms with Crippen LogP contribution in [0.5, 0.6) is 0 Å². The monoisotopic (exact) mass is 349 g/mol. The first kappa shape index (κ1) is 16.6. The van der Waals surface area contributed by atoms with Crippen molar-refractivity contribution in [3.8, 4) is 5.69 Å². The maximum absolute atomic E-state index is 13.2. The van der Waals surface area contributed by atoms with Crippen molar-refractivity contribution in [1.29, 1.82) is 0 Å². The lowest BCUT2D eigenvalue weighted by Gasteiger charge is -2.27. The fourth-order valence-electron chi connectivity index (χ4n) is 3.79. The zero-order chi connectivity index (χ0) is 18.4. The SMILES string of the molecule is Cc1cccc(-n2c(C)cc(C(=O)N3CCn4c(C)nnc4C3)c2C)c1. The van der Waals surface area contributed by atoms with Gasteiger partial charge < -0.3 is 14.0 Å². The van der Waals surface area contributed by atoms with E-state index in [-0.39, 0.29) is 5.91 Å². The molecule has 0 saturated carbocycles. The van der Waals surface area contributed by atoms with Crippen molar-refractivity contribution < 1.29 is 4.79 Å². The first-order chi connectivity index (χ1) is 12.5. The second-order valence-corrected chi connectivity index (χ2v) is 7.00. The van der Waals surface area contributed by atoms with Crippen LogP contribution in [0.3, 0.4) is 0 Å². The predicted octanol–water partition coefficient (Wildman–Crippen LogP) is 2.96. The molecule has 6 heteroatoms. The van der Waals surface area contributed by atoms with Gasteiger partial charge in [-0.1, -0.05) is 12.1 Å². The molecule has 0 N–H and O–H groups in total. The Labute approximate surface area is 153 Å². The van der Waals surface area contributed by atoms with E-state index >= 15 is 0 Å². The van der Waals surface area contributed by atoms with Gasteiger partial charge >= 0.3 is 0 Å². The minimum absolute atomic E-state index is 0.0592. The molecule has 0 fully saturated rings. The fraction of sp³-hybridized carbons (Fsp3) is 0.350. The molecule has 1 amide bonds. The zero-order valence-electron chi connectivity index (χ0n) is 15.7. The standard InChI is InChI=1S/C20H23N5O/c1-13-6-5-7-17(10-13)25-14(2)11-18(15(25)3)20(26)23-8-9-24-16(4)21-22-19(24)12-23/h5-7,10-11H,8-9,12H2,1-4H3. The van der Waals surface area contributed by atoms with Crippen molar-refractivity contribution in [1.82, 2.24) is 24.2 Å². The van der Waals surface area contributed by atoms with Crippen molar-refractivity contribution >= 4 is 5.91 Å². The normalized spacial score (nSPS) is 13.8. The summed E-state index contributed by atoms with van der Waals surface area (Å²) >= 11 is 0. The summed E-state index contributed by atoms with van der Waals surface area (Å²) in [5, 5.41) is 8.32. The Bertz CT molecular complexity index is 998. The number of aromatic nitrogens is 4. The van der Waals surface area contributed by atoms with Gasteiger partial charge in [-0.2, -0.15) is 0 Å². The van der Waals surface area contributed by atoms with E-state index in [1.165, 1.54) is 5.56 Å². The molecule has 2 aromatic heterocycles. The van der Waals surface area contributed by atoms with Gasteiger partial charge in [-0.25, -0.2) is 0 Å². The second-order valence-electron chi connectivity index (χ2n) is 7.00. The lowest BCUT2D eigenvalue weighted by Crippen LogP contribution is -2.38. The molecule has 3 aromatic rings. The maximum Gasteiger partial charge on any atom is 0.256 e. The number of benzene rings is 1. The number of hydrogen-bond donors (Lipinski definition) is 0. The van der Waals surface area contributed by atoms with Crippen LogP contribution in [0.2, 0.25) is 0 Å². The number of fused-ring (bicyclic) bond motifs is 1. The van der Waals surface area contributed by atoms with Crippen LogP contribution in [-0.2, 0) is 13.1 Å². The quantitative estimate of drug-likeness (QED) is 0.715. The number of carbonyl (C=O) groups excluding carboxylic acids is 1. The minimum atomic E-state index is 0.0592. The third kappa shape index (κ3) is 2.62. The zero-order valence-corrected chi connectivity index (χ0v) is 15.7. The highest BCUT2D eigenvalue weighted by Crippen LogP contribution is 2.24. The first-order valence-corrected chi connectivity index (χ1v) is 8.89. The summed E-state index contributed by atoms with van der Waals surface area (Å²) in [6.45, 7) is 10.0. The van der Waals surface area contributed by atoms with Gasteiger partial charge in [0.05, 0.1) is 12.1 Å². The average Bonchev–Trinajstić information content (AvgIpc) is 3.13. The van der Waals surface area contributed by atoms with Crippen LogP contribution < -0.4 is 0 Å². The Kier molecular flexibility index (Phi) is 3.90. The summed E-state index contributed by atoms with van der Waals surface area (Å²) < 4.78 is 4.23. The summed E-state index contributed by atoms with van der Waals surface area (Å²) in [5.41, 5.74) is 5.09. The molecular formula is C20H23N5O. The van der Waals surface area contributed by atoms with E-state index in [2.05, 4.69) is 44.5 Å². The molecule has 0 bridgehead atoms. The highest BCUT2D eigenvalue weighted by atomic mass is 16.2. The molecular weight excluding hydrogens is 326 g/mol. The van der Waals surface area contributed by atoms with Crippen LogP contribution in [0.15, 0.2) is 30.3 Å². The highest BCUT2D eigenvalue weighted by Gasteiger charge is 2.27. The number of amides is 1. The van der Waals surface area contributed by atoms with Gasteiger partial charge in [0.25, 0.3) is 5.91 Å². The van der Waals surface area contributed by atoms with E-state index in [1.807, 2.05) is 37.8 Å². The van der Waals surface area contributed by atoms with E-state index in [0.717, 1.165) is 40.8 Å². The number of hydrogen-bond acceptors (Lipinski definition) is 3.